The van der Waals surface area contributed by atoms with Crippen LogP contribution in [-0.2, 0) is 10.0 Å². The summed E-state index contributed by atoms with van der Waals surface area (Å²) in [6.45, 7) is 9.05. The average molecular weight is 297 g/mol. The first kappa shape index (κ1) is 16.4. The minimum Gasteiger partial charge on any atom is -0.478 e. The predicted octanol–water partition coefficient (Wildman–Crippen LogP) is 2.20. The first-order chi connectivity index (χ1) is 9.25. The fourth-order valence-electron chi connectivity index (χ4n) is 2.02. The molecule has 20 heavy (non-hydrogen) atoms. The molecule has 0 saturated heterocycles. The van der Waals surface area contributed by atoms with Crippen molar-refractivity contribution in [2.75, 3.05) is 13.1 Å². The Bertz CT molecular complexity index is 635. The number of carboxylic acids is 1. The zero-order valence-electron chi connectivity index (χ0n) is 11.9. The molecular formula is C14H19NO4S. The fourth-order valence-corrected chi connectivity index (χ4v) is 3.67. The van der Waals surface area contributed by atoms with E-state index < -0.39 is 16.0 Å². The van der Waals surface area contributed by atoms with Crippen LogP contribution in [0.5, 0.6) is 0 Å². The molecule has 1 rings (SSSR count). The predicted molar refractivity (Wildman–Crippen MR) is 77.5 cm³/mol. The van der Waals surface area contributed by atoms with E-state index in [4.69, 9.17) is 5.11 Å². The Morgan fingerprint density at radius 3 is 2.40 bits per heavy atom. The van der Waals surface area contributed by atoms with E-state index in [9.17, 15) is 13.2 Å². The van der Waals surface area contributed by atoms with Gasteiger partial charge in [-0.05, 0) is 31.0 Å². The van der Waals surface area contributed by atoms with Gasteiger partial charge >= 0.3 is 5.97 Å². The molecule has 0 radical (unpaired) electrons. The van der Waals surface area contributed by atoms with E-state index >= 15 is 0 Å². The van der Waals surface area contributed by atoms with E-state index in [0.29, 0.717) is 17.7 Å². The molecule has 0 unspecified atom stereocenters. The zero-order chi connectivity index (χ0) is 15.5. The van der Waals surface area contributed by atoms with Crippen molar-refractivity contribution >= 4 is 16.0 Å². The zero-order valence-corrected chi connectivity index (χ0v) is 12.7. The normalized spacial score (nSPS) is 11.6. The number of aryl methyl sites for hydroxylation is 2. The molecule has 0 amide bonds. The lowest BCUT2D eigenvalue weighted by Gasteiger charge is -2.20. The van der Waals surface area contributed by atoms with Crippen LogP contribution in [0.4, 0.5) is 0 Å². The van der Waals surface area contributed by atoms with E-state index in [-0.39, 0.29) is 17.0 Å². The van der Waals surface area contributed by atoms with Gasteiger partial charge in [-0.1, -0.05) is 19.1 Å². The van der Waals surface area contributed by atoms with Gasteiger partial charge in [0.25, 0.3) is 0 Å². The molecular weight excluding hydrogens is 278 g/mol. The number of hydrogen-bond acceptors (Lipinski definition) is 3. The Balaban J connectivity index is 3.48. The maximum Gasteiger partial charge on any atom is 0.335 e. The second-order valence-electron chi connectivity index (χ2n) is 4.48. The number of likely N-dealkylation sites (N-methyl/N-ethyl adjacent to an activating group) is 1. The minimum absolute atomic E-state index is 0.00355. The fraction of sp³-hybridized carbons (Fsp3) is 0.357. The van der Waals surface area contributed by atoms with Crippen molar-refractivity contribution < 1.29 is 18.3 Å². The van der Waals surface area contributed by atoms with Crippen LogP contribution in [-0.4, -0.2) is 36.9 Å². The highest BCUT2D eigenvalue weighted by Crippen LogP contribution is 2.24. The van der Waals surface area contributed by atoms with Gasteiger partial charge in [-0.25, -0.2) is 13.2 Å². The maximum atomic E-state index is 12.5. The lowest BCUT2D eigenvalue weighted by molar-refractivity contribution is 0.0696. The van der Waals surface area contributed by atoms with Gasteiger partial charge in [0, 0.05) is 13.1 Å². The van der Waals surface area contributed by atoms with E-state index in [1.54, 1.807) is 26.8 Å². The van der Waals surface area contributed by atoms with Gasteiger partial charge in [-0.15, -0.1) is 6.58 Å². The maximum absolute atomic E-state index is 12.5. The summed E-state index contributed by atoms with van der Waals surface area (Å²) in [6.07, 6.45) is 1.50. The molecule has 6 heteroatoms. The molecule has 0 aromatic heterocycles. The highest BCUT2D eigenvalue weighted by atomic mass is 32.2. The molecule has 0 aliphatic heterocycles. The highest BCUT2D eigenvalue weighted by molar-refractivity contribution is 7.89. The topological polar surface area (TPSA) is 74.7 Å². The molecule has 1 aromatic rings. The van der Waals surface area contributed by atoms with Crippen LogP contribution in [0.15, 0.2) is 29.7 Å². The molecule has 1 aromatic carbocycles. The summed E-state index contributed by atoms with van der Waals surface area (Å²) in [6, 6.07) is 2.81. The number of carbonyl (C=O) groups is 1. The summed E-state index contributed by atoms with van der Waals surface area (Å²) in [5.41, 5.74) is 1.08. The molecule has 0 fully saturated rings. The minimum atomic E-state index is -3.72. The average Bonchev–Trinajstić information content (AvgIpc) is 2.34. The van der Waals surface area contributed by atoms with Crippen LogP contribution in [0.2, 0.25) is 0 Å². The molecule has 0 heterocycles. The smallest absolute Gasteiger partial charge is 0.335 e. The number of rotatable bonds is 6. The SMILES string of the molecule is C=CCN(CC)S(=O)(=O)c1cc(C(=O)O)c(C)cc1C. The molecule has 0 bridgehead atoms. The second-order valence-corrected chi connectivity index (χ2v) is 6.39. The third-order valence-corrected chi connectivity index (χ3v) is 5.14. The molecule has 5 nitrogen and oxygen atoms in total. The summed E-state index contributed by atoms with van der Waals surface area (Å²) in [4.78, 5) is 11.2. The third-order valence-electron chi connectivity index (χ3n) is 3.06. The number of hydrogen-bond donors (Lipinski definition) is 1. The Labute approximate surface area is 119 Å². The van der Waals surface area contributed by atoms with Gasteiger partial charge in [0.15, 0.2) is 0 Å². The second kappa shape index (κ2) is 6.19. The monoisotopic (exact) mass is 297 g/mol. The first-order valence-corrected chi connectivity index (χ1v) is 7.65. The van der Waals surface area contributed by atoms with Crippen molar-refractivity contribution in [1.82, 2.24) is 4.31 Å². The standard InChI is InChI=1S/C14H19NO4S/c1-5-7-15(6-2)20(18,19)13-9-12(14(16)17)10(3)8-11(13)4/h5,8-9H,1,6-7H2,2-4H3,(H,16,17). The van der Waals surface area contributed by atoms with Crippen LogP contribution in [0.1, 0.15) is 28.4 Å². The molecule has 0 spiro atoms. The quantitative estimate of drug-likeness (QED) is 0.817. The summed E-state index contributed by atoms with van der Waals surface area (Å²) in [7, 11) is -3.72. The van der Waals surface area contributed by atoms with Crippen LogP contribution in [0.3, 0.4) is 0 Å². The summed E-state index contributed by atoms with van der Waals surface area (Å²) in [5.74, 6) is -1.13. The highest BCUT2D eigenvalue weighted by Gasteiger charge is 2.25. The Morgan fingerprint density at radius 1 is 1.35 bits per heavy atom. The van der Waals surface area contributed by atoms with Gasteiger partial charge < -0.3 is 5.11 Å². The number of nitrogens with zero attached hydrogens (tertiary/aromatic N) is 1. The third kappa shape index (κ3) is 3.08. The van der Waals surface area contributed by atoms with Gasteiger partial charge in [0.1, 0.15) is 0 Å². The largest absolute Gasteiger partial charge is 0.478 e. The van der Waals surface area contributed by atoms with Crippen molar-refractivity contribution in [2.24, 2.45) is 0 Å². The van der Waals surface area contributed by atoms with Crippen molar-refractivity contribution in [3.8, 4) is 0 Å². The van der Waals surface area contributed by atoms with Crippen molar-refractivity contribution in [3.05, 3.63) is 41.5 Å². The van der Waals surface area contributed by atoms with Crippen molar-refractivity contribution in [1.29, 1.82) is 0 Å². The summed E-state index contributed by atoms with van der Waals surface area (Å²) in [5, 5.41) is 9.12. The van der Waals surface area contributed by atoms with Crippen molar-refractivity contribution in [3.63, 3.8) is 0 Å². The van der Waals surface area contributed by atoms with E-state index in [2.05, 4.69) is 6.58 Å². The molecule has 0 atom stereocenters. The number of sulfonamides is 1. The summed E-state index contributed by atoms with van der Waals surface area (Å²) < 4.78 is 26.3. The molecule has 0 aliphatic carbocycles. The number of benzene rings is 1. The van der Waals surface area contributed by atoms with Crippen LogP contribution in [0.25, 0.3) is 0 Å². The lowest BCUT2D eigenvalue weighted by Crippen LogP contribution is -2.31. The van der Waals surface area contributed by atoms with Crippen LogP contribution in [0, 0.1) is 13.8 Å². The molecule has 110 valence electrons. The Morgan fingerprint density at radius 2 is 1.95 bits per heavy atom. The van der Waals surface area contributed by atoms with Gasteiger partial charge in [-0.3, -0.25) is 0 Å². The molecule has 0 aliphatic rings. The number of aromatic carboxylic acids is 1. The van der Waals surface area contributed by atoms with Gasteiger partial charge in [0.2, 0.25) is 10.0 Å². The molecule has 1 N–H and O–H groups in total. The van der Waals surface area contributed by atoms with E-state index in [1.165, 1.54) is 16.4 Å². The Kier molecular flexibility index (Phi) is 5.08. The number of carboxylic acid groups (broad SMARTS) is 1. The van der Waals surface area contributed by atoms with Crippen molar-refractivity contribution in [2.45, 2.75) is 25.7 Å². The van der Waals surface area contributed by atoms with E-state index in [0.717, 1.165) is 0 Å². The van der Waals surface area contributed by atoms with E-state index in [1.807, 2.05) is 0 Å². The molecule has 0 saturated carbocycles. The lowest BCUT2D eigenvalue weighted by atomic mass is 10.1. The summed E-state index contributed by atoms with van der Waals surface area (Å²) >= 11 is 0. The van der Waals surface area contributed by atoms with Crippen LogP contribution >= 0.6 is 0 Å². The Hall–Kier alpha value is -1.66. The first-order valence-electron chi connectivity index (χ1n) is 6.21. The van der Waals surface area contributed by atoms with Gasteiger partial charge in [0.05, 0.1) is 10.5 Å². The van der Waals surface area contributed by atoms with Crippen LogP contribution < -0.4 is 0 Å². The van der Waals surface area contributed by atoms with Gasteiger partial charge in [-0.2, -0.15) is 4.31 Å².